The molecule has 2 bridgehead atoms. The fraction of sp³-hybridized carbons (Fsp3) is 0.550. The lowest BCUT2D eigenvalue weighted by molar-refractivity contribution is 0.0673. The Morgan fingerprint density at radius 2 is 1.89 bits per heavy atom. The summed E-state index contributed by atoms with van der Waals surface area (Å²) in [6.45, 7) is 6.40. The van der Waals surface area contributed by atoms with Crippen LogP contribution in [-0.4, -0.2) is 45.8 Å². The van der Waals surface area contributed by atoms with Crippen molar-refractivity contribution < 1.29 is 4.79 Å². The predicted octanol–water partition coefficient (Wildman–Crippen LogP) is 2.44. The number of carbonyl (C=O) groups excluding carboxylic acids is 1. The molecule has 27 heavy (non-hydrogen) atoms. The Labute approximate surface area is 165 Å². The number of halogens is 1. The molecule has 2 saturated heterocycles. The number of hydrogen-bond donors (Lipinski definition) is 1. The van der Waals surface area contributed by atoms with E-state index in [4.69, 9.17) is 0 Å². The van der Waals surface area contributed by atoms with Crippen LogP contribution in [-0.2, 0) is 6.54 Å². The van der Waals surface area contributed by atoms with Crippen LogP contribution in [0, 0.1) is 5.92 Å². The Bertz CT molecular complexity index is 881. The van der Waals surface area contributed by atoms with Gasteiger partial charge in [0, 0.05) is 30.6 Å². The summed E-state index contributed by atoms with van der Waals surface area (Å²) in [6, 6.07) is 7.85. The molecule has 2 aromatic rings. The van der Waals surface area contributed by atoms with E-state index in [0.29, 0.717) is 23.0 Å². The first-order valence-electron chi connectivity index (χ1n) is 9.59. The molecular weight excluding hydrogens is 364 g/mol. The number of fused-ring (bicyclic) bond motifs is 3. The average molecular weight is 391 g/mol. The van der Waals surface area contributed by atoms with Crippen LogP contribution in [0.2, 0.25) is 0 Å². The zero-order valence-electron chi connectivity index (χ0n) is 15.9. The molecule has 6 nitrogen and oxygen atoms in total. The fourth-order valence-corrected chi connectivity index (χ4v) is 4.30. The van der Waals surface area contributed by atoms with Gasteiger partial charge in [-0.2, -0.15) is 5.10 Å². The largest absolute Gasteiger partial charge is 0.330 e. The molecular formula is C20H27ClN4O2. The lowest BCUT2D eigenvalue weighted by atomic mass is 10.1. The molecule has 7 heteroatoms. The average Bonchev–Trinajstić information content (AvgIpc) is 2.89. The van der Waals surface area contributed by atoms with E-state index in [2.05, 4.69) is 10.4 Å². The van der Waals surface area contributed by atoms with Crippen LogP contribution in [0.25, 0.3) is 10.8 Å². The molecule has 2 unspecified atom stereocenters. The van der Waals surface area contributed by atoms with E-state index in [-0.39, 0.29) is 41.9 Å². The van der Waals surface area contributed by atoms with Crippen molar-refractivity contribution in [1.82, 2.24) is 20.0 Å². The van der Waals surface area contributed by atoms with Gasteiger partial charge < -0.3 is 10.2 Å². The Morgan fingerprint density at radius 3 is 2.63 bits per heavy atom. The molecule has 0 spiro atoms. The van der Waals surface area contributed by atoms with Crippen molar-refractivity contribution in [2.24, 2.45) is 5.92 Å². The number of aromatic nitrogens is 2. The molecule has 2 atom stereocenters. The number of benzene rings is 1. The zero-order chi connectivity index (χ0) is 18.3. The molecule has 4 rings (SSSR count). The first-order chi connectivity index (χ1) is 12.6. The summed E-state index contributed by atoms with van der Waals surface area (Å²) in [5.41, 5.74) is 0.297. The lowest BCUT2D eigenvalue weighted by Gasteiger charge is -2.28. The van der Waals surface area contributed by atoms with Crippen molar-refractivity contribution in [3.05, 3.63) is 40.3 Å². The van der Waals surface area contributed by atoms with Gasteiger partial charge in [-0.1, -0.05) is 32.0 Å². The van der Waals surface area contributed by atoms with Gasteiger partial charge in [0.15, 0.2) is 5.69 Å². The van der Waals surface area contributed by atoms with Gasteiger partial charge in [-0.15, -0.1) is 12.4 Å². The Balaban J connectivity index is 0.00000210. The highest BCUT2D eigenvalue weighted by atomic mass is 35.5. The number of nitrogens with zero attached hydrogens (tertiary/aromatic N) is 3. The molecule has 0 saturated carbocycles. The quantitative estimate of drug-likeness (QED) is 0.874. The van der Waals surface area contributed by atoms with Gasteiger partial charge in [-0.3, -0.25) is 9.59 Å². The first kappa shape index (κ1) is 19.8. The monoisotopic (exact) mass is 390 g/mol. The zero-order valence-corrected chi connectivity index (χ0v) is 16.7. The molecule has 1 N–H and O–H groups in total. The molecule has 1 aromatic carbocycles. The highest BCUT2D eigenvalue weighted by Crippen LogP contribution is 2.30. The molecule has 1 aromatic heterocycles. The minimum Gasteiger partial charge on any atom is -0.330 e. The first-order valence-corrected chi connectivity index (χ1v) is 9.59. The number of carbonyl (C=O) groups is 1. The van der Waals surface area contributed by atoms with E-state index in [1.807, 2.05) is 36.9 Å². The molecule has 3 heterocycles. The summed E-state index contributed by atoms with van der Waals surface area (Å²) >= 11 is 0. The summed E-state index contributed by atoms with van der Waals surface area (Å²) in [5, 5.41) is 9.21. The van der Waals surface area contributed by atoms with Crippen LogP contribution in [0.1, 0.15) is 43.6 Å². The summed E-state index contributed by atoms with van der Waals surface area (Å²) in [4.78, 5) is 28.3. The van der Waals surface area contributed by atoms with Crippen molar-refractivity contribution in [2.75, 3.05) is 13.1 Å². The minimum atomic E-state index is -0.119. The summed E-state index contributed by atoms with van der Waals surface area (Å²) < 4.78 is 1.47. The number of rotatable bonds is 3. The number of hydrogen-bond acceptors (Lipinski definition) is 4. The van der Waals surface area contributed by atoms with Gasteiger partial charge >= 0.3 is 0 Å². The number of nitrogens with one attached hydrogen (secondary N) is 1. The summed E-state index contributed by atoms with van der Waals surface area (Å²) in [7, 11) is 0. The van der Waals surface area contributed by atoms with Crippen molar-refractivity contribution in [3.8, 4) is 0 Å². The highest BCUT2D eigenvalue weighted by Gasteiger charge is 2.39. The molecule has 1 amide bonds. The molecule has 0 aliphatic carbocycles. The lowest BCUT2D eigenvalue weighted by Crippen LogP contribution is -2.43. The van der Waals surface area contributed by atoms with Crippen molar-refractivity contribution >= 4 is 29.1 Å². The third-order valence-electron chi connectivity index (χ3n) is 5.50. The second kappa shape index (κ2) is 7.98. The van der Waals surface area contributed by atoms with E-state index in [9.17, 15) is 9.59 Å². The maximum absolute atomic E-state index is 13.5. The van der Waals surface area contributed by atoms with Crippen LogP contribution < -0.4 is 10.9 Å². The van der Waals surface area contributed by atoms with E-state index < -0.39 is 0 Å². The van der Waals surface area contributed by atoms with Crippen molar-refractivity contribution in [3.63, 3.8) is 0 Å². The van der Waals surface area contributed by atoms with E-state index in [1.165, 1.54) is 4.68 Å². The fourth-order valence-electron chi connectivity index (χ4n) is 4.30. The standard InChI is InChI=1S/C20H26N4O2.ClH/c1-13(2)12-23-19(25)17-6-4-3-5-16(17)18(22-23)20(26)24-14-7-8-15(24)11-21-10-9-14;/h3-6,13-15,21H,7-12H2,1-2H3;1H. The normalized spacial score (nSPS) is 22.0. The second-order valence-electron chi connectivity index (χ2n) is 7.87. The van der Waals surface area contributed by atoms with Crippen molar-refractivity contribution in [2.45, 2.75) is 51.7 Å². The predicted molar refractivity (Wildman–Crippen MR) is 109 cm³/mol. The number of amides is 1. The molecule has 2 aliphatic heterocycles. The Morgan fingerprint density at radius 1 is 1.19 bits per heavy atom. The summed E-state index contributed by atoms with van der Waals surface area (Å²) in [6.07, 6.45) is 3.07. The third-order valence-corrected chi connectivity index (χ3v) is 5.50. The Hall–Kier alpha value is -1.92. The van der Waals surface area contributed by atoms with Gasteiger partial charge in [0.1, 0.15) is 0 Å². The van der Waals surface area contributed by atoms with Gasteiger partial charge in [-0.05, 0) is 37.8 Å². The third kappa shape index (κ3) is 3.60. The topological polar surface area (TPSA) is 67.2 Å². The highest BCUT2D eigenvalue weighted by molar-refractivity contribution is 6.05. The second-order valence-corrected chi connectivity index (χ2v) is 7.87. The van der Waals surface area contributed by atoms with Gasteiger partial charge in [0.2, 0.25) is 0 Å². The molecule has 2 aliphatic rings. The smallest absolute Gasteiger partial charge is 0.275 e. The van der Waals surface area contributed by atoms with Gasteiger partial charge in [0.05, 0.1) is 5.39 Å². The van der Waals surface area contributed by atoms with Crippen LogP contribution in [0.15, 0.2) is 29.1 Å². The SMILES string of the molecule is CC(C)Cn1nc(C(=O)N2C3CCNCC2CC3)c2ccccc2c1=O.Cl. The maximum Gasteiger partial charge on any atom is 0.275 e. The van der Waals surface area contributed by atoms with E-state index in [0.717, 1.165) is 32.4 Å². The van der Waals surface area contributed by atoms with Crippen LogP contribution in [0.4, 0.5) is 0 Å². The van der Waals surface area contributed by atoms with E-state index in [1.54, 1.807) is 6.07 Å². The minimum absolute atomic E-state index is 0. The van der Waals surface area contributed by atoms with Crippen LogP contribution in [0.3, 0.4) is 0 Å². The van der Waals surface area contributed by atoms with Crippen molar-refractivity contribution in [1.29, 1.82) is 0 Å². The van der Waals surface area contributed by atoms with Crippen LogP contribution in [0.5, 0.6) is 0 Å². The Kier molecular flexibility index (Phi) is 5.86. The molecule has 2 fully saturated rings. The van der Waals surface area contributed by atoms with Gasteiger partial charge in [-0.25, -0.2) is 4.68 Å². The maximum atomic E-state index is 13.5. The van der Waals surface area contributed by atoms with E-state index >= 15 is 0 Å². The molecule has 0 radical (unpaired) electrons. The van der Waals surface area contributed by atoms with Gasteiger partial charge in [0.25, 0.3) is 11.5 Å². The summed E-state index contributed by atoms with van der Waals surface area (Å²) in [5.74, 6) is 0.248. The molecule has 146 valence electrons. The van der Waals surface area contributed by atoms with Crippen LogP contribution >= 0.6 is 12.4 Å².